The molecule has 0 spiro atoms. The second-order valence-electron chi connectivity index (χ2n) is 7.46. The molecule has 7 aliphatic carbocycles. The highest BCUT2D eigenvalue weighted by atomic mass is 31.0. The van der Waals surface area contributed by atoms with Crippen LogP contribution in [0.5, 0.6) is 0 Å². The Kier molecular flexibility index (Phi) is 1.48. The topological polar surface area (TPSA) is 20.2 Å². The van der Waals surface area contributed by atoms with Crippen LogP contribution in [-0.4, -0.2) is 16.4 Å². The third-order valence-corrected chi connectivity index (χ3v) is 8.22. The summed E-state index contributed by atoms with van der Waals surface area (Å²) < 4.78 is 0. The Bertz CT molecular complexity index is 340. The van der Waals surface area contributed by atoms with Gasteiger partial charge in [-0.15, -0.1) is 9.24 Å². The van der Waals surface area contributed by atoms with Crippen LogP contribution in [0.15, 0.2) is 0 Å². The molecule has 0 aromatic carbocycles. The van der Waals surface area contributed by atoms with Gasteiger partial charge in [0, 0.05) is 0 Å². The summed E-state index contributed by atoms with van der Waals surface area (Å²) in [6, 6.07) is 0. The van der Waals surface area contributed by atoms with Crippen LogP contribution in [0.1, 0.15) is 32.1 Å². The van der Waals surface area contributed by atoms with E-state index in [0.717, 1.165) is 41.7 Å². The van der Waals surface area contributed by atoms with Crippen LogP contribution in [0.4, 0.5) is 0 Å². The van der Waals surface area contributed by atoms with E-state index in [1.54, 1.807) is 0 Å². The van der Waals surface area contributed by atoms with Gasteiger partial charge in [0.05, 0.1) is 5.60 Å². The van der Waals surface area contributed by atoms with Crippen LogP contribution in [0.2, 0.25) is 0 Å². The van der Waals surface area contributed by atoms with Gasteiger partial charge in [0.25, 0.3) is 0 Å². The predicted octanol–water partition coefficient (Wildman–Crippen LogP) is 2.29. The monoisotopic (exact) mass is 236 g/mol. The Morgan fingerprint density at radius 3 is 2.25 bits per heavy atom. The molecular formula is C14H21OP. The van der Waals surface area contributed by atoms with Gasteiger partial charge in [-0.3, -0.25) is 0 Å². The molecule has 2 heteroatoms. The summed E-state index contributed by atoms with van der Waals surface area (Å²) in [4.78, 5) is 0. The van der Waals surface area contributed by atoms with Crippen molar-refractivity contribution in [2.24, 2.45) is 41.4 Å². The van der Waals surface area contributed by atoms with E-state index >= 15 is 0 Å². The fourth-order valence-corrected chi connectivity index (χ4v) is 7.90. The maximum atomic E-state index is 11.1. The minimum absolute atomic E-state index is 0.200. The molecule has 0 aliphatic heterocycles. The van der Waals surface area contributed by atoms with Gasteiger partial charge in [-0.25, -0.2) is 0 Å². The fourth-order valence-electron chi connectivity index (χ4n) is 7.02. The van der Waals surface area contributed by atoms with E-state index in [1.807, 2.05) is 0 Å². The second kappa shape index (κ2) is 2.54. The summed E-state index contributed by atoms with van der Waals surface area (Å²) in [6.45, 7) is 0. The minimum atomic E-state index is -0.200. The number of hydrogen-bond acceptors (Lipinski definition) is 1. The molecule has 0 aromatic heterocycles. The largest absolute Gasteiger partial charge is 0.389 e. The normalized spacial score (nSPS) is 73.9. The quantitative estimate of drug-likeness (QED) is 0.640. The molecular weight excluding hydrogens is 215 g/mol. The summed E-state index contributed by atoms with van der Waals surface area (Å²) >= 11 is 0. The molecule has 0 heterocycles. The molecule has 0 radical (unpaired) electrons. The zero-order valence-corrected chi connectivity index (χ0v) is 10.8. The molecule has 7 saturated carbocycles. The van der Waals surface area contributed by atoms with Gasteiger partial charge in [0.15, 0.2) is 0 Å². The third-order valence-electron chi connectivity index (χ3n) is 7.24. The first-order valence-electron chi connectivity index (χ1n) is 7.16. The zero-order valence-electron chi connectivity index (χ0n) is 9.68. The van der Waals surface area contributed by atoms with Crippen LogP contribution in [0.25, 0.3) is 0 Å². The van der Waals surface area contributed by atoms with Crippen molar-refractivity contribution in [3.05, 3.63) is 0 Å². The summed E-state index contributed by atoms with van der Waals surface area (Å²) in [6.07, 6.45) is 6.77. The molecule has 16 heavy (non-hydrogen) atoms. The molecule has 1 nitrogen and oxygen atoms in total. The zero-order chi connectivity index (χ0) is 10.7. The van der Waals surface area contributed by atoms with Crippen LogP contribution in [-0.2, 0) is 0 Å². The first kappa shape index (κ1) is 9.34. The lowest BCUT2D eigenvalue weighted by molar-refractivity contribution is -0.285. The van der Waals surface area contributed by atoms with E-state index in [9.17, 15) is 5.11 Å². The van der Waals surface area contributed by atoms with Gasteiger partial charge < -0.3 is 5.11 Å². The Morgan fingerprint density at radius 2 is 1.62 bits per heavy atom. The molecule has 1 N–H and O–H groups in total. The predicted molar refractivity (Wildman–Crippen MR) is 66.0 cm³/mol. The summed E-state index contributed by atoms with van der Waals surface area (Å²) in [5.74, 6) is 6.00. The van der Waals surface area contributed by atoms with Crippen LogP contribution >= 0.6 is 9.24 Å². The molecule has 6 atom stereocenters. The van der Waals surface area contributed by atoms with Gasteiger partial charge in [-0.2, -0.15) is 0 Å². The number of hydrogen-bond donors (Lipinski definition) is 1. The van der Waals surface area contributed by atoms with Crippen molar-refractivity contribution in [3.63, 3.8) is 0 Å². The lowest BCUT2D eigenvalue weighted by Gasteiger charge is -2.74. The van der Waals surface area contributed by atoms with Gasteiger partial charge in [0.1, 0.15) is 0 Å². The highest BCUT2D eigenvalue weighted by Crippen LogP contribution is 2.73. The van der Waals surface area contributed by atoms with E-state index < -0.39 is 0 Å². The molecule has 88 valence electrons. The van der Waals surface area contributed by atoms with E-state index in [4.69, 9.17) is 0 Å². The molecule has 7 rings (SSSR count). The molecule has 0 amide bonds. The molecule has 0 saturated heterocycles. The summed E-state index contributed by atoms with van der Waals surface area (Å²) in [5, 5.41) is 11.1. The molecule has 7 aliphatic rings. The van der Waals surface area contributed by atoms with E-state index in [-0.39, 0.29) is 5.60 Å². The van der Waals surface area contributed by atoms with Gasteiger partial charge in [-0.05, 0) is 79.2 Å². The Labute approximate surface area is 99.6 Å². The van der Waals surface area contributed by atoms with Crippen molar-refractivity contribution in [1.82, 2.24) is 0 Å². The Hall–Kier alpha value is 0.390. The maximum absolute atomic E-state index is 11.1. The van der Waals surface area contributed by atoms with Crippen LogP contribution in [0, 0.1) is 41.4 Å². The van der Waals surface area contributed by atoms with Gasteiger partial charge >= 0.3 is 0 Å². The average molecular weight is 236 g/mol. The summed E-state index contributed by atoms with van der Waals surface area (Å²) in [5.41, 5.74) is 0.694. The Balaban J connectivity index is 1.72. The van der Waals surface area contributed by atoms with E-state index in [2.05, 4.69) is 9.24 Å². The average Bonchev–Trinajstić information content (AvgIpc) is 2.25. The first-order chi connectivity index (χ1) is 7.68. The molecule has 0 aromatic rings. The minimum Gasteiger partial charge on any atom is -0.389 e. The van der Waals surface area contributed by atoms with Crippen molar-refractivity contribution in [2.75, 3.05) is 0 Å². The molecule has 7 fully saturated rings. The second-order valence-corrected chi connectivity index (χ2v) is 8.23. The van der Waals surface area contributed by atoms with Crippen molar-refractivity contribution in [2.45, 2.75) is 43.4 Å². The molecule has 8 bridgehead atoms. The molecule has 6 unspecified atom stereocenters. The van der Waals surface area contributed by atoms with Crippen LogP contribution < -0.4 is 0 Å². The standard InChI is InChI=1S/C14H21OP/c15-14-5-6-1-8-10(14)3-7-4-11(14)9(2-6)12(8)13(7)16/h6-13,15H,1-5,16H2. The van der Waals surface area contributed by atoms with Crippen LogP contribution in [0.3, 0.4) is 0 Å². The van der Waals surface area contributed by atoms with Crippen molar-refractivity contribution >= 4 is 9.24 Å². The summed E-state index contributed by atoms with van der Waals surface area (Å²) in [7, 11) is 3.18. The van der Waals surface area contributed by atoms with Gasteiger partial charge in [-0.1, -0.05) is 0 Å². The van der Waals surface area contributed by atoms with Gasteiger partial charge in [0.2, 0.25) is 0 Å². The van der Waals surface area contributed by atoms with Crippen molar-refractivity contribution < 1.29 is 5.11 Å². The Morgan fingerprint density at radius 1 is 1.00 bits per heavy atom. The lowest BCUT2D eigenvalue weighted by Crippen LogP contribution is -2.73. The third kappa shape index (κ3) is 0.783. The SMILES string of the molecule is OC12CC3CC4C5C(P)C(CC41)CC2C5C3. The smallest absolute Gasteiger partial charge is 0.0712 e. The fraction of sp³-hybridized carbons (Fsp3) is 1.00. The first-order valence-corrected chi connectivity index (χ1v) is 7.83. The maximum Gasteiger partial charge on any atom is 0.0712 e. The van der Waals surface area contributed by atoms with Crippen molar-refractivity contribution in [1.29, 1.82) is 0 Å². The number of rotatable bonds is 0. The highest BCUT2D eigenvalue weighted by molar-refractivity contribution is 7.17. The number of aliphatic hydroxyl groups is 1. The highest BCUT2D eigenvalue weighted by Gasteiger charge is 2.71. The van der Waals surface area contributed by atoms with Crippen molar-refractivity contribution in [3.8, 4) is 0 Å². The van der Waals surface area contributed by atoms with E-state index in [0.29, 0.717) is 11.8 Å². The lowest BCUT2D eigenvalue weighted by atomic mass is 9.34. The van der Waals surface area contributed by atoms with E-state index in [1.165, 1.54) is 25.7 Å².